The molecule has 2 aliphatic heterocycles. The molecule has 22 heavy (non-hydrogen) atoms. The Bertz CT molecular complexity index is 546. The van der Waals surface area contributed by atoms with Crippen molar-refractivity contribution in [2.24, 2.45) is 5.92 Å². The highest BCUT2D eigenvalue weighted by molar-refractivity contribution is 5.80. The predicted octanol–water partition coefficient (Wildman–Crippen LogP) is 2.02. The average Bonchev–Trinajstić information content (AvgIpc) is 3.06. The maximum Gasteiger partial charge on any atom is 0.225 e. The topological polar surface area (TPSA) is 51.7 Å². The van der Waals surface area contributed by atoms with Crippen LogP contribution < -0.4 is 4.74 Å². The van der Waals surface area contributed by atoms with E-state index in [2.05, 4.69) is 4.98 Å². The zero-order chi connectivity index (χ0) is 15.0. The summed E-state index contributed by atoms with van der Waals surface area (Å²) in [6, 6.07) is 3.79. The molecule has 0 bridgehead atoms. The molecule has 3 heterocycles. The van der Waals surface area contributed by atoms with Crippen LogP contribution in [0.5, 0.6) is 5.75 Å². The SMILES string of the molecule is O=C(C1CCC1)N1CC[C@@]2(C[C@@H](Oc3cccnc3)CO2)C1. The maximum atomic E-state index is 12.4. The second kappa shape index (κ2) is 5.54. The van der Waals surface area contributed by atoms with Crippen LogP contribution in [0, 0.1) is 5.92 Å². The van der Waals surface area contributed by atoms with Gasteiger partial charge in [0.2, 0.25) is 5.91 Å². The van der Waals surface area contributed by atoms with Crippen molar-refractivity contribution in [1.82, 2.24) is 9.88 Å². The molecule has 3 aliphatic rings. The number of pyridine rings is 1. The van der Waals surface area contributed by atoms with E-state index in [9.17, 15) is 4.79 Å². The highest BCUT2D eigenvalue weighted by Crippen LogP contribution is 2.38. The van der Waals surface area contributed by atoms with Gasteiger partial charge in [0.15, 0.2) is 0 Å². The zero-order valence-corrected chi connectivity index (χ0v) is 12.7. The Morgan fingerprint density at radius 2 is 2.36 bits per heavy atom. The lowest BCUT2D eigenvalue weighted by molar-refractivity contribution is -0.138. The Morgan fingerprint density at radius 3 is 3.09 bits per heavy atom. The molecule has 5 nitrogen and oxygen atoms in total. The van der Waals surface area contributed by atoms with E-state index in [0.29, 0.717) is 12.5 Å². The molecular weight excluding hydrogens is 280 g/mol. The highest BCUT2D eigenvalue weighted by atomic mass is 16.6. The number of aromatic nitrogens is 1. The lowest BCUT2D eigenvalue weighted by Gasteiger charge is -2.30. The van der Waals surface area contributed by atoms with Crippen molar-refractivity contribution in [3.63, 3.8) is 0 Å². The molecular formula is C17H22N2O3. The van der Waals surface area contributed by atoms with Gasteiger partial charge in [0, 0.05) is 31.6 Å². The molecule has 0 N–H and O–H groups in total. The summed E-state index contributed by atoms with van der Waals surface area (Å²) in [4.78, 5) is 18.4. The standard InChI is InChI=1S/C17H22N2O3/c20-16(13-3-1-4-13)19-8-6-17(12-19)9-15(11-21-17)22-14-5-2-7-18-10-14/h2,5,7,10,13,15H,1,3-4,6,8-9,11-12H2/t15-,17-/m1/s1. The lowest BCUT2D eigenvalue weighted by Crippen LogP contribution is -2.40. The summed E-state index contributed by atoms with van der Waals surface area (Å²) in [7, 11) is 0. The van der Waals surface area contributed by atoms with Crippen LogP contribution in [0.25, 0.3) is 0 Å². The van der Waals surface area contributed by atoms with Crippen LogP contribution in [0.15, 0.2) is 24.5 Å². The van der Waals surface area contributed by atoms with Crippen molar-refractivity contribution in [3.8, 4) is 5.75 Å². The number of carbonyl (C=O) groups is 1. The van der Waals surface area contributed by atoms with E-state index in [0.717, 1.165) is 44.5 Å². The molecule has 5 heteroatoms. The third kappa shape index (κ3) is 2.58. The van der Waals surface area contributed by atoms with Crippen molar-refractivity contribution < 1.29 is 14.3 Å². The fourth-order valence-electron chi connectivity index (χ4n) is 3.72. The van der Waals surface area contributed by atoms with Crippen LogP contribution in [0.3, 0.4) is 0 Å². The minimum atomic E-state index is -0.188. The molecule has 0 radical (unpaired) electrons. The van der Waals surface area contributed by atoms with Gasteiger partial charge in [-0.3, -0.25) is 9.78 Å². The summed E-state index contributed by atoms with van der Waals surface area (Å²) < 4.78 is 12.0. The number of nitrogens with zero attached hydrogens (tertiary/aromatic N) is 2. The first-order valence-electron chi connectivity index (χ1n) is 8.24. The number of hydrogen-bond donors (Lipinski definition) is 0. The number of ether oxygens (including phenoxy) is 2. The molecule has 2 atom stereocenters. The van der Waals surface area contributed by atoms with E-state index >= 15 is 0 Å². The van der Waals surface area contributed by atoms with Gasteiger partial charge in [-0.2, -0.15) is 0 Å². The van der Waals surface area contributed by atoms with E-state index in [4.69, 9.17) is 9.47 Å². The second-order valence-electron chi connectivity index (χ2n) is 6.76. The Kier molecular flexibility index (Phi) is 3.53. The fraction of sp³-hybridized carbons (Fsp3) is 0.647. The zero-order valence-electron chi connectivity index (χ0n) is 12.7. The van der Waals surface area contributed by atoms with Gasteiger partial charge in [0.1, 0.15) is 11.9 Å². The molecule has 1 aliphatic carbocycles. The molecule has 0 aromatic carbocycles. The van der Waals surface area contributed by atoms with Gasteiger partial charge in [-0.25, -0.2) is 0 Å². The van der Waals surface area contributed by atoms with Crippen molar-refractivity contribution in [2.45, 2.75) is 43.8 Å². The van der Waals surface area contributed by atoms with Crippen molar-refractivity contribution >= 4 is 5.91 Å². The smallest absolute Gasteiger partial charge is 0.225 e. The molecule has 1 aromatic rings. The number of rotatable bonds is 3. The van der Waals surface area contributed by atoms with Gasteiger partial charge in [-0.05, 0) is 31.4 Å². The summed E-state index contributed by atoms with van der Waals surface area (Å²) in [5.74, 6) is 1.40. The molecule has 3 fully saturated rings. The summed E-state index contributed by atoms with van der Waals surface area (Å²) in [5, 5.41) is 0. The summed E-state index contributed by atoms with van der Waals surface area (Å²) in [6.07, 6.45) is 8.64. The van der Waals surface area contributed by atoms with E-state index in [1.807, 2.05) is 17.0 Å². The number of carbonyl (C=O) groups excluding carboxylic acids is 1. The van der Waals surface area contributed by atoms with Gasteiger partial charge in [-0.1, -0.05) is 6.42 Å². The van der Waals surface area contributed by atoms with Crippen LogP contribution >= 0.6 is 0 Å². The van der Waals surface area contributed by atoms with Gasteiger partial charge in [0.05, 0.1) is 18.4 Å². The largest absolute Gasteiger partial charge is 0.486 e. The van der Waals surface area contributed by atoms with Crippen LogP contribution in [0.4, 0.5) is 0 Å². The Labute approximate surface area is 130 Å². The summed E-state index contributed by atoms with van der Waals surface area (Å²) in [6.45, 7) is 2.16. The first-order valence-corrected chi connectivity index (χ1v) is 8.24. The van der Waals surface area contributed by atoms with Crippen molar-refractivity contribution in [2.75, 3.05) is 19.7 Å². The Hall–Kier alpha value is -1.62. The Balaban J connectivity index is 1.35. The van der Waals surface area contributed by atoms with Crippen LogP contribution in [0.1, 0.15) is 32.1 Å². The van der Waals surface area contributed by atoms with Gasteiger partial charge < -0.3 is 14.4 Å². The quantitative estimate of drug-likeness (QED) is 0.857. The average molecular weight is 302 g/mol. The first-order chi connectivity index (χ1) is 10.7. The molecule has 118 valence electrons. The van der Waals surface area contributed by atoms with Crippen LogP contribution in [-0.2, 0) is 9.53 Å². The monoisotopic (exact) mass is 302 g/mol. The Morgan fingerprint density at radius 1 is 1.45 bits per heavy atom. The number of hydrogen-bond acceptors (Lipinski definition) is 4. The van der Waals surface area contributed by atoms with Gasteiger partial charge in [-0.15, -0.1) is 0 Å². The predicted molar refractivity (Wildman–Crippen MR) is 80.5 cm³/mol. The number of likely N-dealkylation sites (tertiary alicyclic amines) is 1. The third-order valence-corrected chi connectivity index (χ3v) is 5.19. The lowest BCUT2D eigenvalue weighted by atomic mass is 9.84. The third-order valence-electron chi connectivity index (χ3n) is 5.19. The van der Waals surface area contributed by atoms with Crippen LogP contribution in [-0.4, -0.2) is 47.2 Å². The van der Waals surface area contributed by atoms with Crippen LogP contribution in [0.2, 0.25) is 0 Å². The van der Waals surface area contributed by atoms with Crippen molar-refractivity contribution in [3.05, 3.63) is 24.5 Å². The molecule has 1 spiro atoms. The second-order valence-corrected chi connectivity index (χ2v) is 6.76. The first kappa shape index (κ1) is 14.0. The van der Waals surface area contributed by atoms with E-state index in [-0.39, 0.29) is 17.6 Å². The highest BCUT2D eigenvalue weighted by Gasteiger charge is 2.48. The van der Waals surface area contributed by atoms with E-state index in [1.165, 1.54) is 6.42 Å². The molecule has 1 amide bonds. The molecule has 4 rings (SSSR count). The van der Waals surface area contributed by atoms with Gasteiger partial charge in [0.25, 0.3) is 0 Å². The summed E-state index contributed by atoms with van der Waals surface area (Å²) >= 11 is 0. The van der Waals surface area contributed by atoms with Gasteiger partial charge >= 0.3 is 0 Å². The number of amides is 1. The van der Waals surface area contributed by atoms with E-state index in [1.54, 1.807) is 12.4 Å². The summed E-state index contributed by atoms with van der Waals surface area (Å²) in [5.41, 5.74) is -0.188. The molecule has 1 aromatic heterocycles. The molecule has 2 saturated heterocycles. The minimum Gasteiger partial charge on any atom is -0.486 e. The molecule has 1 saturated carbocycles. The minimum absolute atomic E-state index is 0.0583. The maximum absolute atomic E-state index is 12.4. The fourth-order valence-corrected chi connectivity index (χ4v) is 3.72. The normalized spacial score (nSPS) is 31.5. The van der Waals surface area contributed by atoms with Crippen molar-refractivity contribution in [1.29, 1.82) is 0 Å². The molecule has 0 unspecified atom stereocenters. The van der Waals surface area contributed by atoms with E-state index < -0.39 is 0 Å².